The molecule has 3 rings (SSSR count). The minimum absolute atomic E-state index is 0.00720. The molecule has 1 saturated heterocycles. The van der Waals surface area contributed by atoms with Gasteiger partial charge in [0.2, 0.25) is 0 Å². The molecule has 0 bridgehead atoms. The molecule has 0 unspecified atom stereocenters. The van der Waals surface area contributed by atoms with E-state index in [9.17, 15) is 4.79 Å². The van der Waals surface area contributed by atoms with Crippen molar-refractivity contribution in [3.8, 4) is 5.75 Å². The van der Waals surface area contributed by atoms with E-state index in [1.54, 1.807) is 7.11 Å². The normalized spacial score (nSPS) is 18.8. The van der Waals surface area contributed by atoms with E-state index >= 15 is 0 Å². The van der Waals surface area contributed by atoms with Gasteiger partial charge in [-0.2, -0.15) is 0 Å². The third-order valence-corrected chi connectivity index (χ3v) is 4.52. The van der Waals surface area contributed by atoms with Crippen molar-refractivity contribution in [2.75, 3.05) is 33.8 Å². The average molecular weight is 301 g/mol. The van der Waals surface area contributed by atoms with Gasteiger partial charge in [0.25, 0.3) is 5.91 Å². The van der Waals surface area contributed by atoms with E-state index in [0.29, 0.717) is 11.6 Å². The molecule has 2 aromatic rings. The van der Waals surface area contributed by atoms with Gasteiger partial charge in [0.05, 0.1) is 7.11 Å². The Hall–Kier alpha value is -2.01. The Balaban J connectivity index is 1.74. The molecule has 1 N–H and O–H groups in total. The number of nitrogens with one attached hydrogen (secondary N) is 1. The van der Waals surface area contributed by atoms with Crippen molar-refractivity contribution in [3.05, 3.63) is 30.0 Å². The fraction of sp³-hybridized carbons (Fsp3) is 0.471. The Kier molecular flexibility index (Phi) is 4.07. The van der Waals surface area contributed by atoms with E-state index in [-0.39, 0.29) is 5.91 Å². The van der Waals surface area contributed by atoms with Gasteiger partial charge in [0.1, 0.15) is 11.4 Å². The lowest BCUT2D eigenvalue weighted by molar-refractivity contribution is 0.0940. The van der Waals surface area contributed by atoms with Crippen molar-refractivity contribution in [2.45, 2.75) is 6.42 Å². The van der Waals surface area contributed by atoms with E-state index < -0.39 is 0 Å². The Labute approximate surface area is 130 Å². The lowest BCUT2D eigenvalue weighted by Gasteiger charge is -2.12. The molecule has 5 heteroatoms. The number of methoxy groups -OCH3 is 1. The number of hydrogen-bond acceptors (Lipinski definition) is 3. The highest BCUT2D eigenvalue weighted by Crippen LogP contribution is 2.24. The van der Waals surface area contributed by atoms with Gasteiger partial charge in [-0.25, -0.2) is 0 Å². The molecule has 1 amide bonds. The summed E-state index contributed by atoms with van der Waals surface area (Å²) < 4.78 is 7.18. The largest absolute Gasteiger partial charge is 0.497 e. The number of aromatic nitrogens is 1. The number of aryl methyl sites for hydroxylation is 1. The summed E-state index contributed by atoms with van der Waals surface area (Å²) in [6.07, 6.45) is 1.16. The van der Waals surface area contributed by atoms with Crippen LogP contribution in [-0.4, -0.2) is 49.2 Å². The maximum absolute atomic E-state index is 12.5. The average Bonchev–Trinajstić information content (AvgIpc) is 3.08. The summed E-state index contributed by atoms with van der Waals surface area (Å²) in [5, 5.41) is 4.10. The molecule has 0 spiro atoms. The van der Waals surface area contributed by atoms with Crippen LogP contribution in [0.25, 0.3) is 10.9 Å². The van der Waals surface area contributed by atoms with Crippen molar-refractivity contribution < 1.29 is 9.53 Å². The first kappa shape index (κ1) is 14.9. The highest BCUT2D eigenvalue weighted by molar-refractivity contribution is 5.99. The van der Waals surface area contributed by atoms with Gasteiger partial charge in [0, 0.05) is 31.0 Å². The number of amides is 1. The lowest BCUT2D eigenvalue weighted by Crippen LogP contribution is -2.31. The van der Waals surface area contributed by atoms with Gasteiger partial charge in [-0.05, 0) is 50.2 Å². The Bertz CT molecular complexity index is 693. The van der Waals surface area contributed by atoms with Crippen LogP contribution >= 0.6 is 0 Å². The second kappa shape index (κ2) is 6.01. The predicted molar refractivity (Wildman–Crippen MR) is 87.4 cm³/mol. The summed E-state index contributed by atoms with van der Waals surface area (Å²) in [5.74, 6) is 1.36. The molecule has 0 aliphatic carbocycles. The zero-order chi connectivity index (χ0) is 15.7. The van der Waals surface area contributed by atoms with Crippen LogP contribution in [-0.2, 0) is 7.05 Å². The second-order valence-corrected chi connectivity index (χ2v) is 6.14. The number of fused-ring (bicyclic) bond motifs is 1. The Morgan fingerprint density at radius 1 is 1.36 bits per heavy atom. The zero-order valence-corrected chi connectivity index (χ0v) is 13.4. The topological polar surface area (TPSA) is 46.5 Å². The molecule has 1 fully saturated rings. The monoisotopic (exact) mass is 301 g/mol. The summed E-state index contributed by atoms with van der Waals surface area (Å²) in [5.41, 5.74) is 1.72. The minimum atomic E-state index is -0.00720. The maximum atomic E-state index is 12.5. The molecule has 118 valence electrons. The summed E-state index contributed by atoms with van der Waals surface area (Å²) in [6.45, 7) is 2.93. The number of likely N-dealkylation sites (tertiary alicyclic amines) is 1. The van der Waals surface area contributed by atoms with Gasteiger partial charge in [-0.15, -0.1) is 0 Å². The van der Waals surface area contributed by atoms with Crippen LogP contribution < -0.4 is 10.1 Å². The number of rotatable bonds is 4. The molecule has 2 heterocycles. The van der Waals surface area contributed by atoms with Crippen LogP contribution in [0.5, 0.6) is 5.75 Å². The number of nitrogens with zero attached hydrogens (tertiary/aromatic N) is 2. The van der Waals surface area contributed by atoms with Gasteiger partial charge in [0.15, 0.2) is 0 Å². The van der Waals surface area contributed by atoms with Gasteiger partial charge < -0.3 is 19.5 Å². The molecule has 22 heavy (non-hydrogen) atoms. The molecule has 1 aliphatic rings. The van der Waals surface area contributed by atoms with Crippen molar-refractivity contribution in [1.29, 1.82) is 0 Å². The smallest absolute Gasteiger partial charge is 0.267 e. The molecule has 1 aliphatic heterocycles. The van der Waals surface area contributed by atoms with E-state index in [2.05, 4.69) is 17.3 Å². The Morgan fingerprint density at radius 3 is 2.86 bits per heavy atom. The van der Waals surface area contributed by atoms with E-state index in [4.69, 9.17) is 4.74 Å². The van der Waals surface area contributed by atoms with E-state index in [1.165, 1.54) is 0 Å². The number of carbonyl (C=O) groups excluding carboxylic acids is 1. The molecule has 0 saturated carbocycles. The summed E-state index contributed by atoms with van der Waals surface area (Å²) >= 11 is 0. The number of benzene rings is 1. The number of ether oxygens (including phenoxy) is 1. The van der Waals surface area contributed by atoms with Crippen molar-refractivity contribution in [2.24, 2.45) is 13.0 Å². The van der Waals surface area contributed by atoms with Crippen LogP contribution in [0.1, 0.15) is 16.9 Å². The molecule has 1 aromatic carbocycles. The SMILES string of the molecule is COc1ccc2c(c1)cc(C(=O)NC[C@H]1CCN(C)C1)n2C. The maximum Gasteiger partial charge on any atom is 0.267 e. The molecule has 1 atom stereocenters. The molecular weight excluding hydrogens is 278 g/mol. The third-order valence-electron chi connectivity index (χ3n) is 4.52. The minimum Gasteiger partial charge on any atom is -0.497 e. The predicted octanol–water partition coefficient (Wildman–Crippen LogP) is 1.87. The second-order valence-electron chi connectivity index (χ2n) is 6.14. The zero-order valence-electron chi connectivity index (χ0n) is 13.4. The fourth-order valence-corrected chi connectivity index (χ4v) is 3.19. The fourth-order valence-electron chi connectivity index (χ4n) is 3.19. The van der Waals surface area contributed by atoms with E-state index in [1.807, 2.05) is 35.9 Å². The highest BCUT2D eigenvalue weighted by Gasteiger charge is 2.21. The summed E-state index contributed by atoms with van der Waals surface area (Å²) in [6, 6.07) is 7.78. The Morgan fingerprint density at radius 2 is 2.18 bits per heavy atom. The van der Waals surface area contributed by atoms with Crippen molar-refractivity contribution in [1.82, 2.24) is 14.8 Å². The van der Waals surface area contributed by atoms with Gasteiger partial charge in [-0.1, -0.05) is 0 Å². The lowest BCUT2D eigenvalue weighted by atomic mass is 10.1. The van der Waals surface area contributed by atoms with Gasteiger partial charge >= 0.3 is 0 Å². The van der Waals surface area contributed by atoms with Crippen molar-refractivity contribution >= 4 is 16.8 Å². The molecule has 0 radical (unpaired) electrons. The molecule has 5 nitrogen and oxygen atoms in total. The van der Waals surface area contributed by atoms with Crippen LogP contribution in [0.2, 0.25) is 0 Å². The van der Waals surface area contributed by atoms with Gasteiger partial charge in [-0.3, -0.25) is 4.79 Å². The summed E-state index contributed by atoms with van der Waals surface area (Å²) in [7, 11) is 5.70. The molecular formula is C17H23N3O2. The van der Waals surface area contributed by atoms with Crippen LogP contribution in [0.4, 0.5) is 0 Å². The van der Waals surface area contributed by atoms with Crippen LogP contribution in [0.3, 0.4) is 0 Å². The van der Waals surface area contributed by atoms with E-state index in [0.717, 1.165) is 42.7 Å². The van der Waals surface area contributed by atoms with Crippen LogP contribution in [0, 0.1) is 5.92 Å². The quantitative estimate of drug-likeness (QED) is 0.938. The van der Waals surface area contributed by atoms with Crippen molar-refractivity contribution in [3.63, 3.8) is 0 Å². The van der Waals surface area contributed by atoms with Crippen LogP contribution in [0.15, 0.2) is 24.3 Å². The molecule has 1 aromatic heterocycles. The third kappa shape index (κ3) is 2.81. The first-order valence-corrected chi connectivity index (χ1v) is 7.68. The highest BCUT2D eigenvalue weighted by atomic mass is 16.5. The first-order chi connectivity index (χ1) is 10.6. The first-order valence-electron chi connectivity index (χ1n) is 7.68. The summed E-state index contributed by atoms with van der Waals surface area (Å²) in [4.78, 5) is 14.8. The number of hydrogen-bond donors (Lipinski definition) is 1. The number of carbonyl (C=O) groups is 1. The standard InChI is InChI=1S/C17H23N3O2/c1-19-7-6-12(11-19)10-18-17(21)16-9-13-8-14(22-3)4-5-15(13)20(16)2/h4-5,8-9,12H,6-7,10-11H2,1-3H3,(H,18,21)/t12-/m1/s1.